The second-order valence-electron chi connectivity index (χ2n) is 4.16. The van der Waals surface area contributed by atoms with Crippen LogP contribution in [0.4, 0.5) is 4.39 Å². The number of benzene rings is 1. The monoisotopic (exact) mass is 219 g/mol. The van der Waals surface area contributed by atoms with E-state index in [0.717, 1.165) is 19.3 Å². The Morgan fingerprint density at radius 1 is 1.38 bits per heavy atom. The molecule has 16 heavy (non-hydrogen) atoms. The number of hydrogen-bond donors (Lipinski definition) is 2. The van der Waals surface area contributed by atoms with Crippen LogP contribution in [0.2, 0.25) is 0 Å². The zero-order valence-corrected chi connectivity index (χ0v) is 8.65. The van der Waals surface area contributed by atoms with Gasteiger partial charge in [-0.3, -0.25) is 0 Å². The minimum Gasteiger partial charge on any atom is -0.423 e. The van der Waals surface area contributed by atoms with E-state index in [1.54, 1.807) is 6.07 Å². The van der Waals surface area contributed by atoms with E-state index in [9.17, 15) is 4.39 Å². The third-order valence-corrected chi connectivity index (χ3v) is 3.25. The summed E-state index contributed by atoms with van der Waals surface area (Å²) >= 11 is 0. The molecule has 0 saturated heterocycles. The van der Waals surface area contributed by atoms with Gasteiger partial charge in [-0.25, -0.2) is 4.39 Å². The number of rotatable bonds is 2. The van der Waals surface area contributed by atoms with Crippen LogP contribution in [0.15, 0.2) is 18.2 Å². The van der Waals surface area contributed by atoms with Crippen molar-refractivity contribution in [3.63, 3.8) is 0 Å². The fourth-order valence-corrected chi connectivity index (χ4v) is 2.03. The minimum absolute atomic E-state index is 0.156. The molecule has 5 heteroatoms. The predicted octanol–water partition coefficient (Wildman–Crippen LogP) is 0.451. The third kappa shape index (κ3) is 1.60. The molecule has 1 aliphatic carbocycles. The van der Waals surface area contributed by atoms with Gasteiger partial charge in [0.15, 0.2) is 0 Å². The number of halogens is 1. The fraction of sp³-hybridized carbons (Fsp3) is 0.364. The molecule has 2 rings (SSSR count). The molecule has 0 amide bonds. The summed E-state index contributed by atoms with van der Waals surface area (Å²) in [5.74, 6) is -0.672. The van der Waals surface area contributed by atoms with Crippen LogP contribution in [0.5, 0.6) is 0 Å². The summed E-state index contributed by atoms with van der Waals surface area (Å²) in [6.07, 6.45) is 2.45. The molecule has 0 radical (unpaired) electrons. The van der Waals surface area contributed by atoms with Crippen LogP contribution >= 0.6 is 0 Å². The molecular formula is C11H11BFNO2. The molecule has 82 valence electrons. The lowest BCUT2D eigenvalue weighted by Crippen LogP contribution is -2.36. The number of nitriles is 1. The summed E-state index contributed by atoms with van der Waals surface area (Å²) in [6.45, 7) is 0. The molecule has 0 aromatic heterocycles. The van der Waals surface area contributed by atoms with Crippen molar-refractivity contribution >= 4 is 12.6 Å². The Hall–Kier alpha value is -1.38. The summed E-state index contributed by atoms with van der Waals surface area (Å²) in [5, 5.41) is 26.8. The van der Waals surface area contributed by atoms with E-state index in [4.69, 9.17) is 15.3 Å². The molecule has 0 heterocycles. The van der Waals surface area contributed by atoms with Gasteiger partial charge in [0.1, 0.15) is 5.82 Å². The van der Waals surface area contributed by atoms with E-state index in [2.05, 4.69) is 6.07 Å². The van der Waals surface area contributed by atoms with Gasteiger partial charge in [0, 0.05) is 5.46 Å². The molecule has 0 atom stereocenters. The lowest BCUT2D eigenvalue weighted by Gasteiger charge is -2.35. The summed E-state index contributed by atoms with van der Waals surface area (Å²) < 4.78 is 13.5. The van der Waals surface area contributed by atoms with E-state index in [1.807, 2.05) is 0 Å². The van der Waals surface area contributed by atoms with Crippen molar-refractivity contribution in [1.29, 1.82) is 5.26 Å². The van der Waals surface area contributed by atoms with E-state index < -0.39 is 18.4 Å². The first-order chi connectivity index (χ1) is 7.59. The van der Waals surface area contributed by atoms with Crippen LogP contribution in [0, 0.1) is 17.1 Å². The summed E-state index contributed by atoms with van der Waals surface area (Å²) in [5.41, 5.74) is -0.0981. The highest BCUT2D eigenvalue weighted by atomic mass is 19.1. The summed E-state index contributed by atoms with van der Waals surface area (Å²) in [4.78, 5) is 0. The van der Waals surface area contributed by atoms with Gasteiger partial charge in [0.05, 0.1) is 11.5 Å². The molecule has 0 unspecified atom stereocenters. The number of hydrogen-bond acceptors (Lipinski definition) is 3. The molecule has 0 bridgehead atoms. The maximum atomic E-state index is 13.5. The van der Waals surface area contributed by atoms with Crippen LogP contribution in [0.25, 0.3) is 0 Å². The highest BCUT2D eigenvalue weighted by molar-refractivity contribution is 6.58. The zero-order valence-electron chi connectivity index (χ0n) is 8.65. The van der Waals surface area contributed by atoms with Crippen LogP contribution in [0.3, 0.4) is 0 Å². The first-order valence-electron chi connectivity index (χ1n) is 5.16. The second kappa shape index (κ2) is 3.89. The molecule has 3 nitrogen and oxygen atoms in total. The zero-order chi connectivity index (χ0) is 11.8. The molecule has 1 saturated carbocycles. The van der Waals surface area contributed by atoms with Crippen molar-refractivity contribution in [2.75, 3.05) is 0 Å². The summed E-state index contributed by atoms with van der Waals surface area (Å²) in [6, 6.07) is 6.37. The Balaban J connectivity index is 2.39. The molecule has 2 N–H and O–H groups in total. The Bertz CT molecular complexity index is 452. The van der Waals surface area contributed by atoms with Gasteiger partial charge < -0.3 is 10.0 Å². The Kier molecular flexibility index (Phi) is 2.70. The molecular weight excluding hydrogens is 208 g/mol. The van der Waals surface area contributed by atoms with Crippen LogP contribution in [-0.4, -0.2) is 17.2 Å². The maximum absolute atomic E-state index is 13.5. The quantitative estimate of drug-likeness (QED) is 0.709. The van der Waals surface area contributed by atoms with Crippen molar-refractivity contribution in [2.24, 2.45) is 0 Å². The van der Waals surface area contributed by atoms with E-state index in [0.29, 0.717) is 5.56 Å². The van der Waals surface area contributed by atoms with Crippen molar-refractivity contribution in [1.82, 2.24) is 0 Å². The van der Waals surface area contributed by atoms with E-state index in [1.165, 1.54) is 12.1 Å². The molecule has 0 aliphatic heterocycles. The van der Waals surface area contributed by atoms with Gasteiger partial charge in [-0.2, -0.15) is 5.26 Å². The highest BCUT2D eigenvalue weighted by Crippen LogP contribution is 2.42. The first kappa shape index (κ1) is 11.1. The third-order valence-electron chi connectivity index (χ3n) is 3.25. The largest absolute Gasteiger partial charge is 0.491 e. The minimum atomic E-state index is -1.81. The molecule has 1 aromatic carbocycles. The standard InChI is InChI=1S/C11H11BFNO2/c13-10-6-8(2-3-9(10)12(15)16)11(7-14)4-1-5-11/h2-3,6,15-16H,1,4-5H2. The van der Waals surface area contributed by atoms with Gasteiger partial charge in [0.25, 0.3) is 0 Å². The van der Waals surface area contributed by atoms with Crippen molar-refractivity contribution in [2.45, 2.75) is 24.7 Å². The first-order valence-corrected chi connectivity index (χ1v) is 5.16. The van der Waals surface area contributed by atoms with Gasteiger partial charge in [-0.15, -0.1) is 0 Å². The smallest absolute Gasteiger partial charge is 0.423 e. The van der Waals surface area contributed by atoms with Gasteiger partial charge in [-0.1, -0.05) is 12.1 Å². The van der Waals surface area contributed by atoms with Crippen molar-refractivity contribution in [3.8, 4) is 6.07 Å². The second-order valence-corrected chi connectivity index (χ2v) is 4.16. The molecule has 1 fully saturated rings. The average molecular weight is 219 g/mol. The molecule has 1 aliphatic rings. The van der Waals surface area contributed by atoms with Crippen LogP contribution < -0.4 is 5.46 Å². The average Bonchev–Trinajstić information content (AvgIpc) is 2.16. The normalized spacial score (nSPS) is 17.4. The Morgan fingerprint density at radius 2 is 2.06 bits per heavy atom. The van der Waals surface area contributed by atoms with Gasteiger partial charge >= 0.3 is 7.12 Å². The van der Waals surface area contributed by atoms with E-state index >= 15 is 0 Å². The molecule has 0 spiro atoms. The predicted molar refractivity (Wildman–Crippen MR) is 57.4 cm³/mol. The van der Waals surface area contributed by atoms with Gasteiger partial charge in [0.2, 0.25) is 0 Å². The topological polar surface area (TPSA) is 64.2 Å². The highest BCUT2D eigenvalue weighted by Gasteiger charge is 2.39. The SMILES string of the molecule is N#CC1(c2ccc(B(O)O)c(F)c2)CCC1. The number of nitrogens with zero attached hydrogens (tertiary/aromatic N) is 1. The van der Waals surface area contributed by atoms with Crippen molar-refractivity contribution in [3.05, 3.63) is 29.6 Å². The fourth-order valence-electron chi connectivity index (χ4n) is 2.03. The maximum Gasteiger partial charge on any atom is 0.491 e. The van der Waals surface area contributed by atoms with Gasteiger partial charge in [-0.05, 0) is 30.9 Å². The van der Waals surface area contributed by atoms with Crippen LogP contribution in [0.1, 0.15) is 24.8 Å². The van der Waals surface area contributed by atoms with Crippen molar-refractivity contribution < 1.29 is 14.4 Å². The lowest BCUT2D eigenvalue weighted by molar-refractivity contribution is 0.323. The summed E-state index contributed by atoms with van der Waals surface area (Å²) in [7, 11) is -1.81. The van der Waals surface area contributed by atoms with Crippen LogP contribution in [-0.2, 0) is 5.41 Å². The molecule has 1 aromatic rings. The Morgan fingerprint density at radius 3 is 2.44 bits per heavy atom. The van der Waals surface area contributed by atoms with E-state index in [-0.39, 0.29) is 5.46 Å². The Labute approximate surface area is 93.3 Å². The lowest BCUT2D eigenvalue weighted by atomic mass is 9.65.